The fraction of sp³-hybridized carbons (Fsp3) is 0.435. The summed E-state index contributed by atoms with van der Waals surface area (Å²) < 4.78 is 18.6. The molecule has 3 aromatic rings. The number of nitrogens with zero attached hydrogens (tertiary/aromatic N) is 3. The van der Waals surface area contributed by atoms with Crippen LogP contribution in [0, 0.1) is 5.92 Å². The summed E-state index contributed by atoms with van der Waals surface area (Å²) in [6, 6.07) is 14.1. The van der Waals surface area contributed by atoms with Crippen LogP contribution in [0.15, 0.2) is 42.5 Å². The van der Waals surface area contributed by atoms with E-state index in [-0.39, 0.29) is 31.0 Å². The number of ether oxygens (including phenoxy) is 3. The van der Waals surface area contributed by atoms with Crippen molar-refractivity contribution in [2.45, 2.75) is 19.1 Å². The number of halogens is 2. The van der Waals surface area contributed by atoms with E-state index < -0.39 is 0 Å². The van der Waals surface area contributed by atoms with Gasteiger partial charge in [-0.2, -0.15) is 0 Å². The van der Waals surface area contributed by atoms with Gasteiger partial charge < -0.3 is 19.1 Å². The highest BCUT2D eigenvalue weighted by atomic mass is 35.5. The molecule has 2 aliphatic heterocycles. The zero-order valence-electron chi connectivity index (χ0n) is 18.2. The Hall–Kier alpha value is -1.93. The van der Waals surface area contributed by atoms with E-state index >= 15 is 0 Å². The predicted molar refractivity (Wildman–Crippen MR) is 135 cm³/mol. The van der Waals surface area contributed by atoms with Crippen LogP contribution in [0.4, 0.5) is 5.13 Å². The number of hydrogen-bond acceptors (Lipinski definition) is 7. The summed E-state index contributed by atoms with van der Waals surface area (Å²) >= 11 is 1.80. The average molecular weight is 498 g/mol. The molecular weight excluding hydrogens is 469 g/mol. The van der Waals surface area contributed by atoms with E-state index in [4.69, 9.17) is 19.2 Å². The number of likely N-dealkylation sites (N-methyl/N-ethyl adjacent to an activating group) is 1. The summed E-state index contributed by atoms with van der Waals surface area (Å²) in [5.41, 5.74) is 1.10. The first-order valence-electron chi connectivity index (χ1n) is 10.5. The first kappa shape index (κ1) is 24.7. The van der Waals surface area contributed by atoms with E-state index in [1.54, 1.807) is 18.4 Å². The highest BCUT2D eigenvalue weighted by Gasteiger charge is 2.28. The quantitative estimate of drug-likeness (QED) is 0.488. The number of methoxy groups -OCH3 is 1. The van der Waals surface area contributed by atoms with Crippen LogP contribution >= 0.6 is 36.2 Å². The number of piperidine rings is 1. The van der Waals surface area contributed by atoms with E-state index in [1.807, 2.05) is 18.2 Å². The Morgan fingerprint density at radius 1 is 1.12 bits per heavy atom. The van der Waals surface area contributed by atoms with Crippen LogP contribution in [0.5, 0.6) is 17.2 Å². The van der Waals surface area contributed by atoms with Crippen LogP contribution in [-0.4, -0.2) is 56.5 Å². The maximum Gasteiger partial charge on any atom is 0.186 e. The lowest BCUT2D eigenvalue weighted by molar-refractivity contribution is -0.0234. The van der Waals surface area contributed by atoms with Crippen LogP contribution in [0.1, 0.15) is 12.8 Å². The number of benzene rings is 2. The molecule has 1 atom stereocenters. The van der Waals surface area contributed by atoms with Crippen molar-refractivity contribution in [2.24, 2.45) is 5.92 Å². The minimum Gasteiger partial charge on any atom is -0.497 e. The average Bonchev–Trinajstić information content (AvgIpc) is 3.23. The summed E-state index contributed by atoms with van der Waals surface area (Å²) in [6.45, 7) is 3.65. The van der Waals surface area contributed by atoms with Gasteiger partial charge in [0.05, 0.1) is 17.3 Å². The van der Waals surface area contributed by atoms with E-state index in [2.05, 4.69) is 41.1 Å². The van der Waals surface area contributed by atoms with Crippen molar-refractivity contribution in [1.29, 1.82) is 0 Å². The number of aromatic nitrogens is 1. The zero-order chi connectivity index (χ0) is 20.5. The number of fused-ring (bicyclic) bond motifs is 2. The van der Waals surface area contributed by atoms with Gasteiger partial charge in [-0.3, -0.25) is 4.90 Å². The molecule has 0 spiro atoms. The fourth-order valence-corrected chi connectivity index (χ4v) is 5.23. The molecule has 5 rings (SSSR count). The molecule has 1 aromatic heterocycles. The highest BCUT2D eigenvalue weighted by molar-refractivity contribution is 7.22. The molecule has 2 aliphatic rings. The Morgan fingerprint density at radius 3 is 2.66 bits per heavy atom. The molecule has 9 heteroatoms. The number of hydrogen-bond donors (Lipinski definition) is 0. The molecule has 0 bridgehead atoms. The van der Waals surface area contributed by atoms with Crippen molar-refractivity contribution >= 4 is 51.5 Å². The molecule has 0 radical (unpaired) electrons. The minimum absolute atomic E-state index is 0. The normalized spacial score (nSPS) is 18.2. The van der Waals surface area contributed by atoms with Gasteiger partial charge in [-0.05, 0) is 50.1 Å². The molecule has 0 amide bonds. The Labute approximate surface area is 205 Å². The van der Waals surface area contributed by atoms with E-state index in [0.29, 0.717) is 12.5 Å². The van der Waals surface area contributed by atoms with Crippen molar-refractivity contribution in [3.8, 4) is 17.2 Å². The third-order valence-corrected chi connectivity index (χ3v) is 7.10. The first-order valence-corrected chi connectivity index (χ1v) is 11.3. The standard InChI is InChI=1S/C23H27N3O3S.2ClH/c1-25(22-15-28-20-13-17(27-2)7-8-19(20)29-22)14-16-9-11-26(12-10-16)23-24-18-5-3-4-6-21(18)30-23;;/h3-8,13,16,22H,9-12,14-15H2,1-2H3;2*1H. The second-order valence-corrected chi connectivity index (χ2v) is 9.04. The lowest BCUT2D eigenvalue weighted by Gasteiger charge is -2.37. The van der Waals surface area contributed by atoms with Crippen LogP contribution in [0.3, 0.4) is 0 Å². The summed E-state index contributed by atoms with van der Waals surface area (Å²) in [6.07, 6.45) is 2.27. The number of thiazole rings is 1. The molecule has 32 heavy (non-hydrogen) atoms. The van der Waals surface area contributed by atoms with Gasteiger partial charge in [0, 0.05) is 25.7 Å². The molecule has 1 saturated heterocycles. The lowest BCUT2D eigenvalue weighted by Crippen LogP contribution is -2.46. The Kier molecular flexibility index (Phi) is 8.33. The molecule has 2 aromatic carbocycles. The highest BCUT2D eigenvalue weighted by Crippen LogP contribution is 2.36. The fourth-order valence-electron chi connectivity index (χ4n) is 4.21. The van der Waals surface area contributed by atoms with E-state index in [9.17, 15) is 0 Å². The topological polar surface area (TPSA) is 47.1 Å². The zero-order valence-corrected chi connectivity index (χ0v) is 20.7. The van der Waals surface area contributed by atoms with Crippen molar-refractivity contribution in [2.75, 3.05) is 45.3 Å². The molecule has 6 nitrogen and oxygen atoms in total. The molecule has 3 heterocycles. The molecule has 1 unspecified atom stereocenters. The van der Waals surface area contributed by atoms with Crippen LogP contribution in [0.25, 0.3) is 10.2 Å². The van der Waals surface area contributed by atoms with Gasteiger partial charge in [0.2, 0.25) is 0 Å². The third kappa shape index (κ3) is 5.17. The maximum atomic E-state index is 6.19. The second kappa shape index (κ2) is 10.8. The molecule has 0 aliphatic carbocycles. The van der Waals surface area contributed by atoms with E-state index in [1.165, 1.54) is 17.5 Å². The number of anilines is 1. The van der Waals surface area contributed by atoms with Crippen molar-refractivity contribution in [3.05, 3.63) is 42.5 Å². The monoisotopic (exact) mass is 497 g/mol. The lowest BCUT2D eigenvalue weighted by atomic mass is 9.96. The summed E-state index contributed by atoms with van der Waals surface area (Å²) in [4.78, 5) is 9.54. The Balaban J connectivity index is 0.00000144. The van der Waals surface area contributed by atoms with Gasteiger partial charge in [-0.15, -0.1) is 24.8 Å². The van der Waals surface area contributed by atoms with Crippen molar-refractivity contribution < 1.29 is 14.2 Å². The minimum atomic E-state index is -0.0619. The summed E-state index contributed by atoms with van der Waals surface area (Å²) in [5.74, 6) is 2.97. The molecule has 174 valence electrons. The maximum absolute atomic E-state index is 6.19. The van der Waals surface area contributed by atoms with Crippen LogP contribution in [0.2, 0.25) is 0 Å². The van der Waals surface area contributed by atoms with Gasteiger partial charge in [-0.1, -0.05) is 23.5 Å². The van der Waals surface area contributed by atoms with Crippen molar-refractivity contribution in [1.82, 2.24) is 9.88 Å². The second-order valence-electron chi connectivity index (χ2n) is 8.03. The Bertz CT molecular complexity index is 994. The van der Waals surface area contributed by atoms with Crippen LogP contribution in [-0.2, 0) is 0 Å². The van der Waals surface area contributed by atoms with E-state index in [0.717, 1.165) is 47.5 Å². The number of para-hydroxylation sites is 1. The molecule has 1 fully saturated rings. The summed E-state index contributed by atoms with van der Waals surface area (Å²) in [5, 5.41) is 1.15. The molecule has 0 saturated carbocycles. The van der Waals surface area contributed by atoms with Gasteiger partial charge in [0.15, 0.2) is 22.9 Å². The molecule has 0 N–H and O–H groups in total. The van der Waals surface area contributed by atoms with Crippen LogP contribution < -0.4 is 19.1 Å². The first-order chi connectivity index (χ1) is 14.7. The summed E-state index contributed by atoms with van der Waals surface area (Å²) in [7, 11) is 3.78. The SMILES string of the molecule is COc1ccc2c(c1)OCC(N(C)CC1CCN(c3nc4ccccc4s3)CC1)O2.Cl.Cl. The van der Waals surface area contributed by atoms with Crippen molar-refractivity contribution in [3.63, 3.8) is 0 Å². The van der Waals surface area contributed by atoms with Gasteiger partial charge >= 0.3 is 0 Å². The predicted octanol–water partition coefficient (Wildman–Crippen LogP) is 5.09. The molecular formula is C23H29Cl2N3O3S. The largest absolute Gasteiger partial charge is 0.497 e. The smallest absolute Gasteiger partial charge is 0.186 e. The van der Waals surface area contributed by atoms with Gasteiger partial charge in [0.1, 0.15) is 12.4 Å². The Morgan fingerprint density at radius 2 is 1.91 bits per heavy atom. The van der Waals surface area contributed by atoms with Gasteiger partial charge in [0.25, 0.3) is 0 Å². The number of rotatable bonds is 5. The third-order valence-electron chi connectivity index (χ3n) is 6.00. The van der Waals surface area contributed by atoms with Gasteiger partial charge in [-0.25, -0.2) is 4.98 Å².